The summed E-state index contributed by atoms with van der Waals surface area (Å²) < 4.78 is 0. The number of unbranched alkanes of at least 4 members (excludes halogenated alkanes) is 1. The molecule has 1 N–H and O–H groups in total. The van der Waals surface area contributed by atoms with Gasteiger partial charge in [-0.2, -0.15) is 0 Å². The van der Waals surface area contributed by atoms with Crippen molar-refractivity contribution in [3.63, 3.8) is 0 Å². The molecule has 0 amide bonds. The fourth-order valence-electron chi connectivity index (χ4n) is 1.28. The van der Waals surface area contributed by atoms with Gasteiger partial charge in [-0.3, -0.25) is 4.98 Å². The summed E-state index contributed by atoms with van der Waals surface area (Å²) in [6.07, 6.45) is 6.13. The number of aryl methyl sites for hydroxylation is 1. The average molecular weight is 262 g/mol. The lowest BCUT2D eigenvalue weighted by Crippen LogP contribution is -1.98. The van der Waals surface area contributed by atoms with Crippen LogP contribution in [0.3, 0.4) is 0 Å². The number of hydrogen-bond acceptors (Lipinski definition) is 4. The molecular formula is C15H26N4. The molecule has 0 aliphatic carbocycles. The van der Waals surface area contributed by atoms with Crippen molar-refractivity contribution in [3.05, 3.63) is 24.3 Å². The van der Waals surface area contributed by atoms with Crippen LogP contribution in [-0.4, -0.2) is 22.0 Å². The number of anilines is 1. The first kappa shape index (κ1) is 17.3. The van der Waals surface area contributed by atoms with Crippen molar-refractivity contribution in [1.29, 1.82) is 0 Å². The van der Waals surface area contributed by atoms with Crippen molar-refractivity contribution in [3.8, 4) is 0 Å². The van der Waals surface area contributed by atoms with Crippen molar-refractivity contribution in [1.82, 2.24) is 15.0 Å². The van der Waals surface area contributed by atoms with Gasteiger partial charge < -0.3 is 5.32 Å². The minimum Gasteiger partial charge on any atom is -0.372 e. The highest BCUT2D eigenvalue weighted by molar-refractivity contribution is 5.87. The maximum Gasteiger partial charge on any atom is 0.138 e. The molecule has 0 unspecified atom stereocenters. The zero-order valence-corrected chi connectivity index (χ0v) is 13.0. The highest BCUT2D eigenvalue weighted by Crippen LogP contribution is 2.17. The summed E-state index contributed by atoms with van der Waals surface area (Å²) >= 11 is 0. The third-order valence-corrected chi connectivity index (χ3v) is 2.35. The Kier molecular flexibility index (Phi) is 9.31. The smallest absolute Gasteiger partial charge is 0.138 e. The van der Waals surface area contributed by atoms with Crippen LogP contribution in [0.15, 0.2) is 18.5 Å². The van der Waals surface area contributed by atoms with Crippen LogP contribution in [-0.2, 0) is 0 Å². The van der Waals surface area contributed by atoms with Crippen molar-refractivity contribution >= 4 is 16.7 Å². The molecule has 19 heavy (non-hydrogen) atoms. The molecular weight excluding hydrogens is 236 g/mol. The van der Waals surface area contributed by atoms with Crippen LogP contribution in [0.5, 0.6) is 0 Å². The van der Waals surface area contributed by atoms with Gasteiger partial charge in [0.2, 0.25) is 0 Å². The molecule has 0 saturated carbocycles. The Morgan fingerprint density at radius 2 is 1.74 bits per heavy atom. The van der Waals surface area contributed by atoms with E-state index in [0.29, 0.717) is 0 Å². The first-order chi connectivity index (χ1) is 9.22. The lowest BCUT2D eigenvalue weighted by molar-refractivity contribution is 0.886. The van der Waals surface area contributed by atoms with E-state index in [1.54, 1.807) is 12.4 Å². The Labute approximate surface area is 116 Å². The third-order valence-electron chi connectivity index (χ3n) is 2.35. The van der Waals surface area contributed by atoms with Gasteiger partial charge >= 0.3 is 0 Å². The second-order valence-electron chi connectivity index (χ2n) is 3.76. The van der Waals surface area contributed by atoms with Gasteiger partial charge in [0.15, 0.2) is 0 Å². The van der Waals surface area contributed by atoms with E-state index < -0.39 is 0 Å². The Balaban J connectivity index is 0.000000467. The van der Waals surface area contributed by atoms with Gasteiger partial charge in [-0.05, 0) is 13.0 Å². The molecule has 4 nitrogen and oxygen atoms in total. The van der Waals surface area contributed by atoms with E-state index in [9.17, 15) is 0 Å². The molecule has 0 radical (unpaired) electrons. The average Bonchev–Trinajstić information content (AvgIpc) is 2.48. The van der Waals surface area contributed by atoms with Gasteiger partial charge in [0, 0.05) is 19.4 Å². The standard InChI is InChI=1S/C9H10N4.C4H10.C2H6/c1-6-12-8-3-4-11-5-7(8)9(10-2)13-6;1-3-4-2;1-2/h3-5H,1-2H3,(H,10,12,13);3-4H2,1-2H3;1-2H3. The van der Waals surface area contributed by atoms with E-state index >= 15 is 0 Å². The molecule has 2 aromatic rings. The van der Waals surface area contributed by atoms with Crippen LogP contribution >= 0.6 is 0 Å². The Bertz CT molecular complexity index is 467. The summed E-state index contributed by atoms with van der Waals surface area (Å²) in [7, 11) is 1.84. The minimum absolute atomic E-state index is 0.767. The SMILES string of the molecule is CC.CCCC.CNc1nc(C)nc2ccncc12. The third kappa shape index (κ3) is 5.64. The molecule has 0 aliphatic rings. The molecule has 0 atom stereocenters. The van der Waals surface area contributed by atoms with Gasteiger partial charge in [0.05, 0.1) is 10.9 Å². The van der Waals surface area contributed by atoms with Crippen molar-refractivity contribution in [2.75, 3.05) is 12.4 Å². The number of pyridine rings is 1. The second-order valence-corrected chi connectivity index (χ2v) is 3.76. The number of nitrogens with one attached hydrogen (secondary N) is 1. The summed E-state index contributed by atoms with van der Waals surface area (Å²) in [4.78, 5) is 12.6. The fraction of sp³-hybridized carbons (Fsp3) is 0.533. The van der Waals surface area contributed by atoms with Crippen LogP contribution in [0.25, 0.3) is 10.9 Å². The quantitative estimate of drug-likeness (QED) is 0.881. The van der Waals surface area contributed by atoms with Crippen LogP contribution < -0.4 is 5.32 Å². The topological polar surface area (TPSA) is 50.7 Å². The molecule has 0 saturated heterocycles. The number of hydrogen-bond donors (Lipinski definition) is 1. The van der Waals surface area contributed by atoms with Crippen LogP contribution in [0.2, 0.25) is 0 Å². The van der Waals surface area contributed by atoms with Gasteiger partial charge in [-0.25, -0.2) is 9.97 Å². The molecule has 0 fully saturated rings. The highest BCUT2D eigenvalue weighted by atomic mass is 15.0. The molecule has 2 heterocycles. The summed E-state index contributed by atoms with van der Waals surface area (Å²) in [6.45, 7) is 10.2. The normalized spacial score (nSPS) is 8.95. The summed E-state index contributed by atoms with van der Waals surface area (Å²) in [5, 5.41) is 3.97. The van der Waals surface area contributed by atoms with Crippen LogP contribution in [0.1, 0.15) is 46.4 Å². The molecule has 4 heteroatoms. The summed E-state index contributed by atoms with van der Waals surface area (Å²) in [5.41, 5.74) is 0.923. The fourth-order valence-corrected chi connectivity index (χ4v) is 1.28. The molecule has 2 rings (SSSR count). The van der Waals surface area contributed by atoms with Crippen molar-refractivity contribution < 1.29 is 0 Å². The van der Waals surface area contributed by atoms with E-state index in [1.165, 1.54) is 12.8 Å². The van der Waals surface area contributed by atoms with E-state index in [1.807, 2.05) is 33.9 Å². The Hall–Kier alpha value is -1.71. The summed E-state index contributed by atoms with van der Waals surface area (Å²) in [6, 6.07) is 1.88. The zero-order valence-electron chi connectivity index (χ0n) is 13.0. The van der Waals surface area contributed by atoms with Gasteiger partial charge in [-0.1, -0.05) is 40.5 Å². The van der Waals surface area contributed by atoms with E-state index in [0.717, 1.165) is 22.5 Å². The zero-order chi connectivity index (χ0) is 14.7. The first-order valence-corrected chi connectivity index (χ1v) is 6.99. The predicted octanol–water partition coefficient (Wildman–Crippen LogP) is 4.21. The first-order valence-electron chi connectivity index (χ1n) is 6.99. The molecule has 2 aromatic heterocycles. The maximum atomic E-state index is 4.29. The van der Waals surface area contributed by atoms with Crippen LogP contribution in [0, 0.1) is 6.92 Å². The van der Waals surface area contributed by atoms with Crippen LogP contribution in [0.4, 0.5) is 5.82 Å². The number of fused-ring (bicyclic) bond motifs is 1. The monoisotopic (exact) mass is 262 g/mol. The van der Waals surface area contributed by atoms with Crippen molar-refractivity contribution in [2.45, 2.75) is 47.5 Å². The van der Waals surface area contributed by atoms with Gasteiger partial charge in [0.1, 0.15) is 11.6 Å². The lowest BCUT2D eigenvalue weighted by Gasteiger charge is -2.04. The second kappa shape index (κ2) is 10.2. The van der Waals surface area contributed by atoms with E-state index in [4.69, 9.17) is 0 Å². The minimum atomic E-state index is 0.767. The van der Waals surface area contributed by atoms with Gasteiger partial charge in [0.25, 0.3) is 0 Å². The molecule has 0 aliphatic heterocycles. The van der Waals surface area contributed by atoms with Gasteiger partial charge in [-0.15, -0.1) is 0 Å². The molecule has 0 spiro atoms. The molecule has 106 valence electrons. The van der Waals surface area contributed by atoms with E-state index in [2.05, 4.69) is 34.1 Å². The lowest BCUT2D eigenvalue weighted by atomic mass is 10.3. The molecule has 0 bridgehead atoms. The number of rotatable bonds is 2. The van der Waals surface area contributed by atoms with Crippen molar-refractivity contribution in [2.24, 2.45) is 0 Å². The Morgan fingerprint density at radius 3 is 2.26 bits per heavy atom. The maximum absolute atomic E-state index is 4.29. The predicted molar refractivity (Wildman–Crippen MR) is 83.5 cm³/mol. The number of nitrogens with zero attached hydrogens (tertiary/aromatic N) is 3. The molecule has 0 aromatic carbocycles. The van der Waals surface area contributed by atoms with E-state index in [-0.39, 0.29) is 0 Å². The summed E-state index contributed by atoms with van der Waals surface area (Å²) in [5.74, 6) is 1.60. The Morgan fingerprint density at radius 1 is 1.11 bits per heavy atom. The number of aromatic nitrogens is 3. The largest absolute Gasteiger partial charge is 0.372 e. The highest BCUT2D eigenvalue weighted by Gasteiger charge is 2.02.